The van der Waals surface area contributed by atoms with E-state index in [1.165, 1.54) is 30.3 Å². The summed E-state index contributed by atoms with van der Waals surface area (Å²) >= 11 is 12.4. The number of aliphatic hydroxyl groups is 1. The van der Waals surface area contributed by atoms with Gasteiger partial charge in [0.1, 0.15) is 11.5 Å². The summed E-state index contributed by atoms with van der Waals surface area (Å²) in [5, 5.41) is 10.3. The molecule has 5 nitrogen and oxygen atoms in total. The van der Waals surface area contributed by atoms with E-state index in [1.54, 1.807) is 12.1 Å². The fourth-order valence-corrected chi connectivity index (χ4v) is 4.49. The second-order valence-corrected chi connectivity index (χ2v) is 8.25. The van der Waals surface area contributed by atoms with E-state index < -0.39 is 17.6 Å². The van der Waals surface area contributed by atoms with Gasteiger partial charge in [-0.05, 0) is 55.2 Å². The Bertz CT molecular complexity index is 1040. The molecule has 0 saturated carbocycles. The van der Waals surface area contributed by atoms with E-state index in [-0.39, 0.29) is 34.5 Å². The van der Waals surface area contributed by atoms with Gasteiger partial charge in [0.05, 0.1) is 16.3 Å². The molecule has 2 amide bonds. The average Bonchev–Trinajstić information content (AvgIpc) is 2.99. The second-order valence-electron chi connectivity index (χ2n) is 7.41. The van der Waals surface area contributed by atoms with Crippen LogP contribution in [0.15, 0.2) is 48.2 Å². The van der Waals surface area contributed by atoms with E-state index in [0.717, 1.165) is 17.7 Å². The number of amides is 2. The van der Waals surface area contributed by atoms with Crippen LogP contribution in [-0.4, -0.2) is 41.5 Å². The Morgan fingerprint density at radius 1 is 1.07 bits per heavy atom. The Labute approximate surface area is 183 Å². The Balaban J connectivity index is 1.84. The Hall–Kier alpha value is -2.41. The molecule has 8 heteroatoms. The van der Waals surface area contributed by atoms with E-state index in [9.17, 15) is 19.1 Å². The molecule has 0 spiro atoms. The average molecular weight is 449 g/mol. The lowest BCUT2D eigenvalue weighted by molar-refractivity contribution is -0.120. The van der Waals surface area contributed by atoms with Gasteiger partial charge in [-0.1, -0.05) is 29.3 Å². The molecule has 2 aliphatic heterocycles. The summed E-state index contributed by atoms with van der Waals surface area (Å²) in [6, 6.07) is 9.93. The number of rotatable bonds is 4. The smallest absolute Gasteiger partial charge is 0.282 e. The van der Waals surface area contributed by atoms with Gasteiger partial charge < -0.3 is 10.0 Å². The first-order chi connectivity index (χ1) is 14.4. The minimum Gasteiger partial charge on any atom is -0.396 e. The molecular formula is C22H19Cl2FN2O3. The third kappa shape index (κ3) is 3.71. The molecule has 1 fully saturated rings. The number of benzene rings is 2. The number of hydrogen-bond donors (Lipinski definition) is 1. The van der Waals surface area contributed by atoms with Crippen molar-refractivity contribution in [3.05, 3.63) is 69.6 Å². The van der Waals surface area contributed by atoms with Crippen molar-refractivity contribution in [2.45, 2.75) is 12.8 Å². The minimum absolute atomic E-state index is 0.00459. The van der Waals surface area contributed by atoms with Crippen LogP contribution >= 0.6 is 23.2 Å². The number of carbonyl (C=O) groups is 2. The molecule has 30 heavy (non-hydrogen) atoms. The van der Waals surface area contributed by atoms with Gasteiger partial charge >= 0.3 is 0 Å². The number of hydrogen-bond acceptors (Lipinski definition) is 4. The van der Waals surface area contributed by atoms with E-state index in [2.05, 4.69) is 0 Å². The fraction of sp³-hybridized carbons (Fsp3) is 0.273. The van der Waals surface area contributed by atoms with Crippen LogP contribution in [0.5, 0.6) is 0 Å². The lowest BCUT2D eigenvalue weighted by Crippen LogP contribution is -2.40. The summed E-state index contributed by atoms with van der Waals surface area (Å²) in [6.45, 7) is 1.04. The molecule has 2 aromatic rings. The standard InChI is InChI=1S/C22H19Cl2FN2O3/c23-14-3-8-17(18(24)10-14)19-20(26-9-1-2-13(11-26)12-28)22(30)27(21(19)29)16-6-4-15(25)5-7-16/h3-8,10,13,28H,1-2,9,11-12H2. The fourth-order valence-electron chi connectivity index (χ4n) is 3.99. The lowest BCUT2D eigenvalue weighted by atomic mass is 9.97. The molecule has 0 aliphatic carbocycles. The molecule has 156 valence electrons. The summed E-state index contributed by atoms with van der Waals surface area (Å²) in [5.74, 6) is -1.48. The normalized spacial score (nSPS) is 19.8. The van der Waals surface area contributed by atoms with Crippen molar-refractivity contribution < 1.29 is 19.1 Å². The molecule has 2 aromatic carbocycles. The number of nitrogens with zero attached hydrogens (tertiary/aromatic N) is 2. The molecular weight excluding hydrogens is 430 g/mol. The van der Waals surface area contributed by atoms with Crippen molar-refractivity contribution >= 4 is 46.3 Å². The van der Waals surface area contributed by atoms with Crippen LogP contribution in [0.4, 0.5) is 10.1 Å². The van der Waals surface area contributed by atoms with Crippen LogP contribution in [0.25, 0.3) is 5.57 Å². The molecule has 1 saturated heterocycles. The summed E-state index contributed by atoms with van der Waals surface area (Å²) in [4.78, 5) is 29.7. The number of aliphatic hydroxyl groups excluding tert-OH is 1. The number of carbonyl (C=O) groups excluding carboxylic acids is 2. The van der Waals surface area contributed by atoms with Crippen molar-refractivity contribution in [3.8, 4) is 0 Å². The molecule has 1 N–H and O–H groups in total. The lowest BCUT2D eigenvalue weighted by Gasteiger charge is -2.34. The first-order valence-electron chi connectivity index (χ1n) is 9.60. The maximum atomic E-state index is 13.4. The van der Waals surface area contributed by atoms with Gasteiger partial charge in [-0.25, -0.2) is 9.29 Å². The molecule has 0 bridgehead atoms. The summed E-state index contributed by atoms with van der Waals surface area (Å²) < 4.78 is 13.4. The minimum atomic E-state index is -0.531. The van der Waals surface area contributed by atoms with Crippen molar-refractivity contribution in [1.82, 2.24) is 4.90 Å². The number of imide groups is 1. The predicted octanol–water partition coefficient (Wildman–Crippen LogP) is 4.12. The van der Waals surface area contributed by atoms with Crippen LogP contribution in [0.2, 0.25) is 10.0 Å². The first kappa shape index (κ1) is 20.8. The van der Waals surface area contributed by atoms with Crippen LogP contribution in [0, 0.1) is 11.7 Å². The number of likely N-dealkylation sites (tertiary alicyclic amines) is 1. The third-order valence-corrected chi connectivity index (χ3v) is 5.99. The quantitative estimate of drug-likeness (QED) is 0.714. The molecule has 0 aromatic heterocycles. The first-order valence-corrected chi connectivity index (χ1v) is 10.4. The molecule has 4 rings (SSSR count). The summed E-state index contributed by atoms with van der Waals surface area (Å²) in [7, 11) is 0. The monoisotopic (exact) mass is 448 g/mol. The van der Waals surface area contributed by atoms with Crippen LogP contribution in [-0.2, 0) is 9.59 Å². The molecule has 2 aliphatic rings. The third-order valence-electron chi connectivity index (χ3n) is 5.44. The van der Waals surface area contributed by atoms with Crippen molar-refractivity contribution in [2.75, 3.05) is 24.6 Å². The van der Waals surface area contributed by atoms with Crippen molar-refractivity contribution in [1.29, 1.82) is 0 Å². The largest absolute Gasteiger partial charge is 0.396 e. The molecule has 0 radical (unpaired) electrons. The van der Waals surface area contributed by atoms with Gasteiger partial charge in [0.15, 0.2) is 0 Å². The topological polar surface area (TPSA) is 60.9 Å². The Morgan fingerprint density at radius 3 is 2.47 bits per heavy atom. The second kappa shape index (κ2) is 8.38. The maximum Gasteiger partial charge on any atom is 0.282 e. The SMILES string of the molecule is O=C1C(c2ccc(Cl)cc2Cl)=C(N2CCCC(CO)C2)C(=O)N1c1ccc(F)cc1. The van der Waals surface area contributed by atoms with Gasteiger partial charge in [0, 0.05) is 30.3 Å². The highest BCUT2D eigenvalue weighted by molar-refractivity contribution is 6.47. The maximum absolute atomic E-state index is 13.4. The highest BCUT2D eigenvalue weighted by Crippen LogP contribution is 2.39. The van der Waals surface area contributed by atoms with E-state index in [0.29, 0.717) is 23.7 Å². The Morgan fingerprint density at radius 2 is 1.80 bits per heavy atom. The highest BCUT2D eigenvalue weighted by Gasteiger charge is 2.43. The van der Waals surface area contributed by atoms with Crippen LogP contribution < -0.4 is 4.90 Å². The van der Waals surface area contributed by atoms with Gasteiger partial charge in [0.2, 0.25) is 0 Å². The molecule has 2 heterocycles. The van der Waals surface area contributed by atoms with Gasteiger partial charge in [0.25, 0.3) is 11.8 Å². The number of anilines is 1. The zero-order chi connectivity index (χ0) is 21.4. The van der Waals surface area contributed by atoms with E-state index in [1.807, 2.05) is 4.90 Å². The predicted molar refractivity (Wildman–Crippen MR) is 114 cm³/mol. The van der Waals surface area contributed by atoms with Gasteiger partial charge in [-0.15, -0.1) is 0 Å². The highest BCUT2D eigenvalue weighted by atomic mass is 35.5. The summed E-state index contributed by atoms with van der Waals surface area (Å²) in [6.07, 6.45) is 1.63. The van der Waals surface area contributed by atoms with Crippen LogP contribution in [0.3, 0.4) is 0 Å². The number of piperidine rings is 1. The van der Waals surface area contributed by atoms with Gasteiger partial charge in [-0.2, -0.15) is 0 Å². The summed E-state index contributed by atoms with van der Waals surface area (Å²) in [5.41, 5.74) is 1.11. The Kier molecular flexibility index (Phi) is 5.82. The van der Waals surface area contributed by atoms with Crippen molar-refractivity contribution in [2.24, 2.45) is 5.92 Å². The van der Waals surface area contributed by atoms with Crippen LogP contribution in [0.1, 0.15) is 18.4 Å². The van der Waals surface area contributed by atoms with E-state index in [4.69, 9.17) is 23.2 Å². The zero-order valence-corrected chi connectivity index (χ0v) is 17.5. The number of halogens is 3. The molecule has 1 atom stereocenters. The zero-order valence-electron chi connectivity index (χ0n) is 15.9. The molecule has 1 unspecified atom stereocenters. The van der Waals surface area contributed by atoms with Crippen molar-refractivity contribution in [3.63, 3.8) is 0 Å². The van der Waals surface area contributed by atoms with E-state index >= 15 is 0 Å². The van der Waals surface area contributed by atoms with Gasteiger partial charge in [-0.3, -0.25) is 9.59 Å².